The van der Waals surface area contributed by atoms with Crippen molar-refractivity contribution in [1.29, 1.82) is 0 Å². The van der Waals surface area contributed by atoms with Crippen molar-refractivity contribution in [3.05, 3.63) is 60.2 Å². The first-order chi connectivity index (χ1) is 11.3. The van der Waals surface area contributed by atoms with E-state index in [-0.39, 0.29) is 5.91 Å². The summed E-state index contributed by atoms with van der Waals surface area (Å²) in [5.74, 6) is 0.0608. The van der Waals surface area contributed by atoms with E-state index < -0.39 is 0 Å². The number of para-hydroxylation sites is 1. The number of aryl methyl sites for hydroxylation is 1. The third-order valence-corrected chi connectivity index (χ3v) is 4.09. The van der Waals surface area contributed by atoms with Gasteiger partial charge in [0.15, 0.2) is 0 Å². The normalized spacial score (nSPS) is 13.8. The van der Waals surface area contributed by atoms with E-state index in [4.69, 9.17) is 0 Å². The molecule has 1 amide bonds. The van der Waals surface area contributed by atoms with Crippen LogP contribution in [0.3, 0.4) is 0 Å². The van der Waals surface area contributed by atoms with E-state index in [9.17, 15) is 4.79 Å². The maximum Gasteiger partial charge on any atom is 0.233 e. The van der Waals surface area contributed by atoms with Gasteiger partial charge in [0.1, 0.15) is 0 Å². The number of anilines is 1. The highest BCUT2D eigenvalue weighted by Gasteiger charge is 2.24. The molecule has 1 aromatic carbocycles. The third kappa shape index (κ3) is 2.63. The van der Waals surface area contributed by atoms with Crippen LogP contribution in [0, 0.1) is 0 Å². The van der Waals surface area contributed by atoms with Crippen molar-refractivity contribution in [2.75, 3.05) is 11.4 Å². The molecule has 0 atom stereocenters. The first-order valence-corrected chi connectivity index (χ1v) is 7.74. The lowest BCUT2D eigenvalue weighted by Gasteiger charge is -2.26. The van der Waals surface area contributed by atoms with Crippen LogP contribution in [-0.2, 0) is 17.6 Å². The minimum atomic E-state index is 0.0608. The molecule has 0 saturated carbocycles. The lowest BCUT2D eigenvalue weighted by atomic mass is 10.1. The van der Waals surface area contributed by atoms with Gasteiger partial charge in [0, 0.05) is 12.7 Å². The number of carbonyl (C=O) groups is 1. The molecule has 0 aliphatic carbocycles. The van der Waals surface area contributed by atoms with Crippen LogP contribution in [0.1, 0.15) is 17.8 Å². The van der Waals surface area contributed by atoms with Crippen LogP contribution in [0.2, 0.25) is 0 Å². The number of H-pyrrole nitrogens is 1. The molecule has 3 heterocycles. The summed E-state index contributed by atoms with van der Waals surface area (Å²) >= 11 is 0. The fraction of sp³-hybridized carbons (Fsp3) is 0.235. The SMILES string of the molecule is O=C(Cc1ccn(-c2ccccc2)n1)N1CCCc2[nH]ncc21. The average Bonchev–Trinajstić information content (AvgIpc) is 3.24. The minimum absolute atomic E-state index is 0.0608. The molecule has 4 rings (SSSR count). The molecule has 23 heavy (non-hydrogen) atoms. The Morgan fingerprint density at radius 3 is 2.96 bits per heavy atom. The lowest BCUT2D eigenvalue weighted by Crippen LogP contribution is -2.36. The molecule has 0 radical (unpaired) electrons. The van der Waals surface area contributed by atoms with Crippen LogP contribution in [0.4, 0.5) is 5.69 Å². The summed E-state index contributed by atoms with van der Waals surface area (Å²) in [6.45, 7) is 0.741. The number of hydrogen-bond acceptors (Lipinski definition) is 3. The summed E-state index contributed by atoms with van der Waals surface area (Å²) < 4.78 is 1.79. The largest absolute Gasteiger partial charge is 0.309 e. The number of aromatic nitrogens is 4. The van der Waals surface area contributed by atoms with Crippen molar-refractivity contribution in [3.63, 3.8) is 0 Å². The topological polar surface area (TPSA) is 66.8 Å². The van der Waals surface area contributed by atoms with Crippen LogP contribution in [0.15, 0.2) is 48.8 Å². The molecule has 1 aliphatic heterocycles. The quantitative estimate of drug-likeness (QED) is 0.806. The summed E-state index contributed by atoms with van der Waals surface area (Å²) in [4.78, 5) is 14.4. The molecular formula is C17H17N5O. The molecule has 3 aromatic rings. The smallest absolute Gasteiger partial charge is 0.233 e. The molecule has 116 valence electrons. The molecule has 1 aliphatic rings. The molecule has 0 fully saturated rings. The lowest BCUT2D eigenvalue weighted by molar-refractivity contribution is -0.118. The summed E-state index contributed by atoms with van der Waals surface area (Å²) in [5, 5.41) is 11.5. The summed E-state index contributed by atoms with van der Waals surface area (Å²) in [5.41, 5.74) is 3.71. The molecule has 0 bridgehead atoms. The van der Waals surface area contributed by atoms with Crippen LogP contribution in [-0.4, -0.2) is 32.4 Å². The highest BCUT2D eigenvalue weighted by atomic mass is 16.2. The van der Waals surface area contributed by atoms with E-state index in [0.29, 0.717) is 6.42 Å². The molecule has 6 nitrogen and oxygen atoms in total. The van der Waals surface area contributed by atoms with E-state index in [1.807, 2.05) is 47.5 Å². The summed E-state index contributed by atoms with van der Waals surface area (Å²) in [6.07, 6.45) is 5.82. The van der Waals surface area contributed by atoms with Crippen LogP contribution < -0.4 is 4.90 Å². The molecule has 1 N–H and O–H groups in total. The van der Waals surface area contributed by atoms with Crippen molar-refractivity contribution < 1.29 is 4.79 Å². The molecule has 0 spiro atoms. The number of amides is 1. The van der Waals surface area contributed by atoms with E-state index in [1.54, 1.807) is 10.9 Å². The van der Waals surface area contributed by atoms with Crippen molar-refractivity contribution in [3.8, 4) is 5.69 Å². The van der Waals surface area contributed by atoms with Gasteiger partial charge < -0.3 is 4.90 Å². The van der Waals surface area contributed by atoms with E-state index in [1.165, 1.54) is 0 Å². The minimum Gasteiger partial charge on any atom is -0.309 e. The van der Waals surface area contributed by atoms with Gasteiger partial charge in [-0.05, 0) is 31.0 Å². The molecule has 0 saturated heterocycles. The maximum absolute atomic E-state index is 12.6. The number of nitrogens with one attached hydrogen (secondary N) is 1. The van der Waals surface area contributed by atoms with Gasteiger partial charge in [-0.1, -0.05) is 18.2 Å². The first kappa shape index (κ1) is 13.8. The fourth-order valence-electron chi connectivity index (χ4n) is 2.95. The Labute approximate surface area is 133 Å². The Kier molecular flexibility index (Phi) is 3.42. The number of nitrogens with zero attached hydrogens (tertiary/aromatic N) is 4. The second kappa shape index (κ2) is 5.72. The van der Waals surface area contributed by atoms with E-state index in [0.717, 1.165) is 42.1 Å². The van der Waals surface area contributed by atoms with Gasteiger partial charge >= 0.3 is 0 Å². The number of aromatic amines is 1. The average molecular weight is 307 g/mol. The highest BCUT2D eigenvalue weighted by molar-refractivity contribution is 5.95. The zero-order valence-electron chi connectivity index (χ0n) is 12.6. The molecule has 0 unspecified atom stereocenters. The number of hydrogen-bond donors (Lipinski definition) is 1. The van der Waals surface area contributed by atoms with Gasteiger partial charge in [-0.15, -0.1) is 0 Å². The third-order valence-electron chi connectivity index (χ3n) is 4.09. The van der Waals surface area contributed by atoms with E-state index in [2.05, 4.69) is 15.3 Å². The van der Waals surface area contributed by atoms with Crippen LogP contribution >= 0.6 is 0 Å². The van der Waals surface area contributed by atoms with Gasteiger partial charge in [0.25, 0.3) is 0 Å². The van der Waals surface area contributed by atoms with Gasteiger partial charge in [-0.25, -0.2) is 4.68 Å². The monoisotopic (exact) mass is 307 g/mol. The zero-order valence-corrected chi connectivity index (χ0v) is 12.6. The first-order valence-electron chi connectivity index (χ1n) is 7.74. The Morgan fingerprint density at radius 2 is 2.09 bits per heavy atom. The number of fused-ring (bicyclic) bond motifs is 1. The number of benzene rings is 1. The van der Waals surface area contributed by atoms with Crippen LogP contribution in [0.25, 0.3) is 5.69 Å². The van der Waals surface area contributed by atoms with Crippen molar-refractivity contribution in [2.24, 2.45) is 0 Å². The summed E-state index contributed by atoms with van der Waals surface area (Å²) in [7, 11) is 0. The Bertz CT molecular complexity index is 820. The highest BCUT2D eigenvalue weighted by Crippen LogP contribution is 2.25. The van der Waals surface area contributed by atoms with Gasteiger partial charge in [0.2, 0.25) is 5.91 Å². The maximum atomic E-state index is 12.6. The second-order valence-electron chi connectivity index (χ2n) is 5.65. The van der Waals surface area contributed by atoms with Gasteiger partial charge in [-0.3, -0.25) is 9.89 Å². The van der Waals surface area contributed by atoms with Crippen molar-refractivity contribution in [2.45, 2.75) is 19.3 Å². The van der Waals surface area contributed by atoms with Gasteiger partial charge in [-0.2, -0.15) is 10.2 Å². The Balaban J connectivity index is 1.51. The molecule has 6 heteroatoms. The van der Waals surface area contributed by atoms with E-state index >= 15 is 0 Å². The van der Waals surface area contributed by atoms with Crippen molar-refractivity contribution in [1.82, 2.24) is 20.0 Å². The molecular weight excluding hydrogens is 290 g/mol. The Hall–Kier alpha value is -2.89. The van der Waals surface area contributed by atoms with Crippen LogP contribution in [0.5, 0.6) is 0 Å². The summed E-state index contributed by atoms with van der Waals surface area (Å²) in [6, 6.07) is 11.8. The predicted octanol–water partition coefficient (Wildman–Crippen LogP) is 2.12. The predicted molar refractivity (Wildman–Crippen MR) is 86.5 cm³/mol. The van der Waals surface area contributed by atoms with Crippen molar-refractivity contribution >= 4 is 11.6 Å². The number of rotatable bonds is 3. The zero-order chi connectivity index (χ0) is 15.6. The molecule has 2 aromatic heterocycles. The number of carbonyl (C=O) groups excluding carboxylic acids is 1. The fourth-order valence-corrected chi connectivity index (χ4v) is 2.95. The Morgan fingerprint density at radius 1 is 1.22 bits per heavy atom. The second-order valence-corrected chi connectivity index (χ2v) is 5.65. The standard InChI is InChI=1S/C17H17N5O/c23-17(21-9-4-7-15-16(21)12-18-19-15)11-13-8-10-22(20-13)14-5-2-1-3-6-14/h1-3,5-6,8,10,12H,4,7,9,11H2,(H,18,19). The van der Waals surface area contributed by atoms with Gasteiger partial charge in [0.05, 0.1) is 35.4 Å².